The lowest BCUT2D eigenvalue weighted by Crippen LogP contribution is -1.96. The van der Waals surface area contributed by atoms with E-state index in [1.54, 1.807) is 42.7 Å². The van der Waals surface area contributed by atoms with Crippen LogP contribution in [-0.4, -0.2) is 25.7 Å². The van der Waals surface area contributed by atoms with Crippen LogP contribution < -0.4 is 0 Å². The summed E-state index contributed by atoms with van der Waals surface area (Å²) in [6.45, 7) is 0. The number of benzene rings is 2. The number of imidazole rings is 1. The summed E-state index contributed by atoms with van der Waals surface area (Å²) >= 11 is 0. The third kappa shape index (κ3) is 1.91. The minimum absolute atomic E-state index is 0.196. The van der Waals surface area contributed by atoms with E-state index in [4.69, 9.17) is 5.11 Å². The maximum absolute atomic E-state index is 10.9. The molecule has 2 N–H and O–H groups in total. The smallest absolute Gasteiger partial charge is 0.335 e. The van der Waals surface area contributed by atoms with Gasteiger partial charge in [0.05, 0.1) is 16.6 Å². The quantitative estimate of drug-likeness (QED) is 0.736. The number of carboxylic acid groups (broad SMARTS) is 1. The molecule has 0 saturated carbocycles. The van der Waals surface area contributed by atoms with Crippen molar-refractivity contribution < 1.29 is 15.0 Å². The van der Waals surface area contributed by atoms with Gasteiger partial charge >= 0.3 is 5.97 Å². The summed E-state index contributed by atoms with van der Waals surface area (Å²) in [5, 5.41) is 18.2. The first-order chi connectivity index (χ1) is 9.15. The van der Waals surface area contributed by atoms with Crippen molar-refractivity contribution in [1.82, 2.24) is 9.55 Å². The molecule has 3 rings (SSSR count). The van der Waals surface area contributed by atoms with Crippen LogP contribution in [0.3, 0.4) is 0 Å². The molecule has 5 nitrogen and oxygen atoms in total. The molecule has 5 heteroatoms. The number of rotatable bonds is 2. The molecular formula is C14H10N2O3. The molecule has 0 aliphatic carbocycles. The third-order valence-electron chi connectivity index (χ3n) is 2.92. The summed E-state index contributed by atoms with van der Waals surface area (Å²) in [5.74, 6) is -0.776. The number of carboxylic acids is 1. The highest BCUT2D eigenvalue weighted by molar-refractivity contribution is 5.92. The second-order valence-corrected chi connectivity index (χ2v) is 4.14. The Morgan fingerprint density at radius 3 is 2.53 bits per heavy atom. The van der Waals surface area contributed by atoms with Crippen LogP contribution in [0.5, 0.6) is 5.75 Å². The Bertz CT molecular complexity index is 760. The van der Waals surface area contributed by atoms with Crippen LogP contribution in [0.15, 0.2) is 48.8 Å². The van der Waals surface area contributed by atoms with Crippen LogP contribution in [0.1, 0.15) is 10.4 Å². The van der Waals surface area contributed by atoms with Gasteiger partial charge in [0.15, 0.2) is 0 Å². The third-order valence-corrected chi connectivity index (χ3v) is 2.92. The molecular weight excluding hydrogens is 244 g/mol. The Hall–Kier alpha value is -2.82. The number of hydrogen-bond acceptors (Lipinski definition) is 3. The van der Waals surface area contributed by atoms with Gasteiger partial charge in [0.1, 0.15) is 12.1 Å². The van der Waals surface area contributed by atoms with Gasteiger partial charge in [-0.2, -0.15) is 0 Å². The van der Waals surface area contributed by atoms with Crippen LogP contribution in [0.4, 0.5) is 0 Å². The van der Waals surface area contributed by atoms with E-state index in [2.05, 4.69) is 4.98 Å². The predicted molar refractivity (Wildman–Crippen MR) is 69.7 cm³/mol. The van der Waals surface area contributed by atoms with Gasteiger partial charge in [0.2, 0.25) is 0 Å². The van der Waals surface area contributed by atoms with Gasteiger partial charge in [-0.05, 0) is 42.5 Å². The summed E-state index contributed by atoms with van der Waals surface area (Å²) in [5.41, 5.74) is 2.50. The Kier molecular flexibility index (Phi) is 2.45. The molecule has 0 bridgehead atoms. The number of phenolic OH excluding ortho intramolecular Hbond substituents is 1. The zero-order valence-electron chi connectivity index (χ0n) is 9.82. The average molecular weight is 254 g/mol. The van der Waals surface area contributed by atoms with Gasteiger partial charge in [-0.25, -0.2) is 9.78 Å². The van der Waals surface area contributed by atoms with E-state index in [0.717, 1.165) is 11.2 Å². The molecule has 94 valence electrons. The molecule has 0 saturated heterocycles. The zero-order chi connectivity index (χ0) is 13.4. The Labute approximate surface area is 108 Å². The molecule has 0 atom stereocenters. The molecule has 0 amide bonds. The van der Waals surface area contributed by atoms with Gasteiger partial charge in [-0.1, -0.05) is 0 Å². The normalized spacial score (nSPS) is 10.7. The molecule has 19 heavy (non-hydrogen) atoms. The highest BCUT2D eigenvalue weighted by Crippen LogP contribution is 2.21. The molecule has 0 aliphatic rings. The number of aromatic hydroxyl groups is 1. The van der Waals surface area contributed by atoms with Crippen LogP contribution in [0, 0.1) is 0 Å². The zero-order valence-corrected chi connectivity index (χ0v) is 9.82. The monoisotopic (exact) mass is 254 g/mol. The van der Waals surface area contributed by atoms with Gasteiger partial charge in [-0.3, -0.25) is 4.57 Å². The number of fused-ring (bicyclic) bond motifs is 1. The lowest BCUT2D eigenvalue weighted by atomic mass is 10.2. The fourth-order valence-electron chi connectivity index (χ4n) is 1.96. The fourth-order valence-corrected chi connectivity index (χ4v) is 1.96. The van der Waals surface area contributed by atoms with Gasteiger partial charge in [0.25, 0.3) is 0 Å². The molecule has 0 spiro atoms. The molecule has 0 unspecified atom stereocenters. The van der Waals surface area contributed by atoms with Crippen molar-refractivity contribution in [2.75, 3.05) is 0 Å². The maximum atomic E-state index is 10.9. The summed E-state index contributed by atoms with van der Waals surface area (Å²) in [4.78, 5) is 15.1. The fraction of sp³-hybridized carbons (Fsp3) is 0. The van der Waals surface area contributed by atoms with E-state index in [0.29, 0.717) is 5.52 Å². The molecule has 1 aromatic heterocycles. The topological polar surface area (TPSA) is 75.3 Å². The van der Waals surface area contributed by atoms with Gasteiger partial charge in [-0.15, -0.1) is 0 Å². The summed E-state index contributed by atoms with van der Waals surface area (Å²) in [7, 11) is 0. The SMILES string of the molecule is O=C(O)c1ccc2c(c1)ncn2-c1ccc(O)cc1. The second kappa shape index (κ2) is 4.13. The van der Waals surface area contributed by atoms with Crippen LogP contribution >= 0.6 is 0 Å². The number of aromatic nitrogens is 2. The minimum atomic E-state index is -0.971. The number of phenols is 1. The molecule has 1 heterocycles. The number of nitrogens with zero attached hydrogens (tertiary/aromatic N) is 2. The van der Waals surface area contributed by atoms with E-state index in [1.165, 1.54) is 6.07 Å². The number of aromatic carboxylic acids is 1. The molecule has 0 aliphatic heterocycles. The maximum Gasteiger partial charge on any atom is 0.335 e. The summed E-state index contributed by atoms with van der Waals surface area (Å²) in [6, 6.07) is 11.5. The molecule has 3 aromatic rings. The number of hydrogen-bond donors (Lipinski definition) is 2. The first-order valence-electron chi connectivity index (χ1n) is 5.65. The first kappa shape index (κ1) is 11.3. The minimum Gasteiger partial charge on any atom is -0.508 e. The average Bonchev–Trinajstić information content (AvgIpc) is 2.82. The van der Waals surface area contributed by atoms with Crippen LogP contribution in [0.2, 0.25) is 0 Å². The van der Waals surface area contributed by atoms with Crippen molar-refractivity contribution in [3.8, 4) is 11.4 Å². The Balaban J connectivity index is 2.15. The standard InChI is InChI=1S/C14H10N2O3/c17-11-4-2-10(3-5-11)16-8-15-12-7-9(14(18)19)1-6-13(12)16/h1-8,17H,(H,18,19). The second-order valence-electron chi connectivity index (χ2n) is 4.14. The first-order valence-corrected chi connectivity index (χ1v) is 5.65. The van der Waals surface area contributed by atoms with Crippen molar-refractivity contribution in [2.24, 2.45) is 0 Å². The van der Waals surface area contributed by atoms with E-state index < -0.39 is 5.97 Å². The Morgan fingerprint density at radius 2 is 1.84 bits per heavy atom. The number of carbonyl (C=O) groups is 1. The van der Waals surface area contributed by atoms with E-state index >= 15 is 0 Å². The molecule has 2 aromatic carbocycles. The predicted octanol–water partition coefficient (Wildman–Crippen LogP) is 2.43. The lowest BCUT2D eigenvalue weighted by molar-refractivity contribution is 0.0697. The van der Waals surface area contributed by atoms with Gasteiger partial charge < -0.3 is 10.2 Å². The summed E-state index contributed by atoms with van der Waals surface area (Å²) < 4.78 is 1.83. The van der Waals surface area contributed by atoms with Crippen molar-refractivity contribution in [3.05, 3.63) is 54.4 Å². The highest BCUT2D eigenvalue weighted by atomic mass is 16.4. The van der Waals surface area contributed by atoms with Crippen LogP contribution in [-0.2, 0) is 0 Å². The summed E-state index contributed by atoms with van der Waals surface area (Å²) in [6.07, 6.45) is 1.63. The van der Waals surface area contributed by atoms with Crippen molar-refractivity contribution in [2.45, 2.75) is 0 Å². The highest BCUT2D eigenvalue weighted by Gasteiger charge is 2.08. The Morgan fingerprint density at radius 1 is 1.11 bits per heavy atom. The largest absolute Gasteiger partial charge is 0.508 e. The molecule has 0 fully saturated rings. The van der Waals surface area contributed by atoms with E-state index in [9.17, 15) is 9.90 Å². The van der Waals surface area contributed by atoms with E-state index in [-0.39, 0.29) is 11.3 Å². The van der Waals surface area contributed by atoms with Gasteiger partial charge in [0, 0.05) is 5.69 Å². The molecule has 0 radical (unpaired) electrons. The van der Waals surface area contributed by atoms with Crippen molar-refractivity contribution in [3.63, 3.8) is 0 Å². The van der Waals surface area contributed by atoms with Crippen molar-refractivity contribution >= 4 is 17.0 Å². The lowest BCUT2D eigenvalue weighted by Gasteiger charge is -2.04. The van der Waals surface area contributed by atoms with E-state index in [1.807, 2.05) is 4.57 Å². The van der Waals surface area contributed by atoms with Crippen LogP contribution in [0.25, 0.3) is 16.7 Å². The van der Waals surface area contributed by atoms with Crippen molar-refractivity contribution in [1.29, 1.82) is 0 Å².